The van der Waals surface area contributed by atoms with Gasteiger partial charge in [-0.05, 0) is 36.1 Å². The number of hydrogen-bond acceptors (Lipinski definition) is 2. The molecule has 1 aliphatic carbocycles. The van der Waals surface area contributed by atoms with Crippen LogP contribution in [0, 0.1) is 11.7 Å². The van der Waals surface area contributed by atoms with Gasteiger partial charge in [0.05, 0.1) is 11.8 Å². The Morgan fingerprint density at radius 2 is 1.86 bits per heavy atom. The van der Waals surface area contributed by atoms with Crippen molar-refractivity contribution in [2.45, 2.75) is 18.9 Å². The molecular formula is C18H17FN2. The second-order valence-electron chi connectivity index (χ2n) is 5.86. The molecule has 1 aliphatic heterocycles. The highest BCUT2D eigenvalue weighted by Gasteiger charge is 2.39. The molecule has 0 spiro atoms. The lowest BCUT2D eigenvalue weighted by Gasteiger charge is -2.28. The molecule has 2 nitrogen and oxygen atoms in total. The van der Waals surface area contributed by atoms with Crippen LogP contribution in [0.15, 0.2) is 53.6 Å². The maximum Gasteiger partial charge on any atom is 0.123 e. The Balaban J connectivity index is 1.74. The highest BCUT2D eigenvalue weighted by atomic mass is 19.1. The first-order chi connectivity index (χ1) is 10.2. The SMILES string of the molecule is CN1N=C2c3ccccc3CC[C@H]2[C@@H]1c1ccc(F)cc1. The summed E-state index contributed by atoms with van der Waals surface area (Å²) in [4.78, 5) is 0. The zero-order chi connectivity index (χ0) is 14.4. The first-order valence-corrected chi connectivity index (χ1v) is 7.39. The summed E-state index contributed by atoms with van der Waals surface area (Å²) in [6.45, 7) is 0. The molecule has 4 rings (SSSR count). The third-order valence-electron chi connectivity index (χ3n) is 4.63. The first-order valence-electron chi connectivity index (χ1n) is 7.39. The number of benzene rings is 2. The lowest BCUT2D eigenvalue weighted by atomic mass is 9.77. The molecule has 2 aromatic carbocycles. The molecule has 3 heteroatoms. The van der Waals surface area contributed by atoms with Gasteiger partial charge in [0.25, 0.3) is 0 Å². The van der Waals surface area contributed by atoms with Crippen molar-refractivity contribution in [2.75, 3.05) is 7.05 Å². The predicted octanol–water partition coefficient (Wildman–Crippen LogP) is 3.78. The molecule has 21 heavy (non-hydrogen) atoms. The van der Waals surface area contributed by atoms with Gasteiger partial charge in [-0.25, -0.2) is 4.39 Å². The van der Waals surface area contributed by atoms with Crippen molar-refractivity contribution in [3.63, 3.8) is 0 Å². The highest BCUT2D eigenvalue weighted by molar-refractivity contribution is 6.05. The van der Waals surface area contributed by atoms with Crippen molar-refractivity contribution < 1.29 is 4.39 Å². The summed E-state index contributed by atoms with van der Waals surface area (Å²) in [7, 11) is 2.02. The third kappa shape index (κ3) is 1.96. The van der Waals surface area contributed by atoms with Crippen LogP contribution in [0.25, 0.3) is 0 Å². The van der Waals surface area contributed by atoms with Crippen LogP contribution < -0.4 is 0 Å². The minimum Gasteiger partial charge on any atom is -0.292 e. The van der Waals surface area contributed by atoms with Gasteiger partial charge in [0, 0.05) is 18.5 Å². The smallest absolute Gasteiger partial charge is 0.123 e. The summed E-state index contributed by atoms with van der Waals surface area (Å²) in [5.74, 6) is 0.213. The van der Waals surface area contributed by atoms with Crippen LogP contribution in [-0.2, 0) is 6.42 Å². The Morgan fingerprint density at radius 1 is 1.10 bits per heavy atom. The van der Waals surface area contributed by atoms with Crippen LogP contribution in [0.3, 0.4) is 0 Å². The topological polar surface area (TPSA) is 15.6 Å². The van der Waals surface area contributed by atoms with E-state index in [1.54, 1.807) is 0 Å². The lowest BCUT2D eigenvalue weighted by Crippen LogP contribution is -2.27. The Hall–Kier alpha value is -2.16. The molecule has 0 saturated heterocycles. The molecule has 1 heterocycles. The number of fused-ring (bicyclic) bond motifs is 3. The fourth-order valence-electron chi connectivity index (χ4n) is 3.67. The Bertz CT molecular complexity index is 705. The van der Waals surface area contributed by atoms with Crippen molar-refractivity contribution in [2.24, 2.45) is 11.0 Å². The molecule has 0 saturated carbocycles. The lowest BCUT2D eigenvalue weighted by molar-refractivity contribution is 0.243. The van der Waals surface area contributed by atoms with E-state index in [2.05, 4.69) is 24.3 Å². The Morgan fingerprint density at radius 3 is 2.67 bits per heavy atom. The van der Waals surface area contributed by atoms with Gasteiger partial charge in [-0.2, -0.15) is 5.10 Å². The molecule has 0 fully saturated rings. The van der Waals surface area contributed by atoms with Crippen molar-refractivity contribution >= 4 is 5.71 Å². The average Bonchev–Trinajstić information content (AvgIpc) is 2.85. The number of hydrazone groups is 1. The fourth-order valence-corrected chi connectivity index (χ4v) is 3.67. The van der Waals surface area contributed by atoms with Gasteiger partial charge in [0.2, 0.25) is 0 Å². The number of rotatable bonds is 1. The van der Waals surface area contributed by atoms with Crippen LogP contribution in [0.2, 0.25) is 0 Å². The molecule has 2 aliphatic rings. The Labute approximate surface area is 123 Å². The van der Waals surface area contributed by atoms with E-state index in [4.69, 9.17) is 5.10 Å². The maximum atomic E-state index is 13.2. The number of hydrogen-bond donors (Lipinski definition) is 0. The first kappa shape index (κ1) is 12.6. The molecule has 0 aromatic heterocycles. The van der Waals surface area contributed by atoms with Crippen LogP contribution in [0.1, 0.15) is 29.2 Å². The van der Waals surface area contributed by atoms with Crippen LogP contribution in [0.5, 0.6) is 0 Å². The quantitative estimate of drug-likeness (QED) is 0.776. The van der Waals surface area contributed by atoms with E-state index in [1.165, 1.54) is 29.0 Å². The summed E-state index contributed by atoms with van der Waals surface area (Å²) >= 11 is 0. The van der Waals surface area contributed by atoms with Crippen molar-refractivity contribution in [3.8, 4) is 0 Å². The number of aryl methyl sites for hydroxylation is 1. The van der Waals surface area contributed by atoms with E-state index in [0.29, 0.717) is 5.92 Å². The summed E-state index contributed by atoms with van der Waals surface area (Å²) < 4.78 is 13.2. The zero-order valence-corrected chi connectivity index (χ0v) is 12.0. The van der Waals surface area contributed by atoms with E-state index in [-0.39, 0.29) is 11.9 Å². The van der Waals surface area contributed by atoms with Crippen LogP contribution in [-0.4, -0.2) is 17.8 Å². The number of nitrogens with zero attached hydrogens (tertiary/aromatic N) is 2. The minimum atomic E-state index is -0.186. The van der Waals surface area contributed by atoms with Crippen LogP contribution >= 0.6 is 0 Å². The maximum absolute atomic E-state index is 13.2. The molecule has 2 aromatic rings. The molecule has 0 amide bonds. The second-order valence-corrected chi connectivity index (χ2v) is 5.86. The second kappa shape index (κ2) is 4.69. The van der Waals surface area contributed by atoms with Gasteiger partial charge >= 0.3 is 0 Å². The molecule has 106 valence electrons. The third-order valence-corrected chi connectivity index (χ3v) is 4.63. The molecule has 0 N–H and O–H groups in total. The standard InChI is InChI=1S/C18H17FN2/c1-21-18(13-6-9-14(19)10-7-13)16-11-8-12-4-2-3-5-15(12)17(16)20-21/h2-7,9-10,16,18H,8,11H2,1H3/t16-,18+/m1/s1. The van der Waals surface area contributed by atoms with Crippen molar-refractivity contribution in [1.82, 2.24) is 5.01 Å². The van der Waals surface area contributed by atoms with Crippen molar-refractivity contribution in [1.29, 1.82) is 0 Å². The van der Waals surface area contributed by atoms with Gasteiger partial charge in [-0.1, -0.05) is 36.4 Å². The zero-order valence-electron chi connectivity index (χ0n) is 12.0. The average molecular weight is 280 g/mol. The van der Waals surface area contributed by atoms with Gasteiger partial charge in [0.15, 0.2) is 0 Å². The summed E-state index contributed by atoms with van der Waals surface area (Å²) in [5.41, 5.74) is 5.00. The van der Waals surface area contributed by atoms with Gasteiger partial charge < -0.3 is 0 Å². The number of halogens is 1. The molecule has 0 bridgehead atoms. The summed E-state index contributed by atoms with van der Waals surface area (Å²) in [6, 6.07) is 15.6. The summed E-state index contributed by atoms with van der Waals surface area (Å²) in [6.07, 6.45) is 2.19. The summed E-state index contributed by atoms with van der Waals surface area (Å²) in [5, 5.41) is 6.83. The molecule has 0 unspecified atom stereocenters. The molecular weight excluding hydrogens is 263 g/mol. The Kier molecular flexibility index (Phi) is 2.81. The predicted molar refractivity (Wildman–Crippen MR) is 81.7 cm³/mol. The van der Waals surface area contributed by atoms with Gasteiger partial charge in [-0.15, -0.1) is 0 Å². The van der Waals surface area contributed by atoms with E-state index in [0.717, 1.165) is 18.4 Å². The molecule has 0 radical (unpaired) electrons. The van der Waals surface area contributed by atoms with Crippen molar-refractivity contribution in [3.05, 3.63) is 71.0 Å². The fraction of sp³-hybridized carbons (Fsp3) is 0.278. The van der Waals surface area contributed by atoms with E-state index in [9.17, 15) is 4.39 Å². The molecule has 2 atom stereocenters. The normalized spacial score (nSPS) is 23.5. The monoisotopic (exact) mass is 280 g/mol. The van der Waals surface area contributed by atoms with E-state index >= 15 is 0 Å². The van der Waals surface area contributed by atoms with Crippen LogP contribution in [0.4, 0.5) is 4.39 Å². The van der Waals surface area contributed by atoms with E-state index in [1.807, 2.05) is 24.2 Å². The van der Waals surface area contributed by atoms with Gasteiger partial charge in [-0.3, -0.25) is 5.01 Å². The minimum absolute atomic E-state index is 0.186. The van der Waals surface area contributed by atoms with E-state index < -0.39 is 0 Å². The largest absolute Gasteiger partial charge is 0.292 e. The van der Waals surface area contributed by atoms with Gasteiger partial charge in [0.1, 0.15) is 5.82 Å². The highest BCUT2D eigenvalue weighted by Crippen LogP contribution is 2.42.